The number of carbonyl (C=O) groups is 1. The van der Waals surface area contributed by atoms with Crippen LogP contribution in [0.5, 0.6) is 5.75 Å². The topological polar surface area (TPSA) is 50.7 Å². The summed E-state index contributed by atoms with van der Waals surface area (Å²) in [5.74, 6) is 1.32. The molecule has 0 radical (unpaired) electrons. The Bertz CT molecular complexity index is 372. The summed E-state index contributed by atoms with van der Waals surface area (Å²) in [4.78, 5) is 14.0. The van der Waals surface area contributed by atoms with Crippen molar-refractivity contribution >= 4 is 12.2 Å². The van der Waals surface area contributed by atoms with Gasteiger partial charge >= 0.3 is 0 Å². The summed E-state index contributed by atoms with van der Waals surface area (Å²) >= 11 is 0. The van der Waals surface area contributed by atoms with E-state index in [2.05, 4.69) is 10.3 Å². The first kappa shape index (κ1) is 12.0. The Labute approximate surface area is 94.7 Å². The van der Waals surface area contributed by atoms with Crippen molar-refractivity contribution in [2.45, 2.75) is 0 Å². The van der Waals surface area contributed by atoms with Crippen molar-refractivity contribution in [3.8, 4) is 5.75 Å². The molecule has 1 aromatic rings. The summed E-state index contributed by atoms with van der Waals surface area (Å²) in [5.41, 5.74) is 0. The van der Waals surface area contributed by atoms with E-state index in [1.54, 1.807) is 19.2 Å². The van der Waals surface area contributed by atoms with Gasteiger partial charge in [0.25, 0.3) is 0 Å². The predicted octanol–water partition coefficient (Wildman–Crippen LogP) is 1.40. The molecule has 0 saturated heterocycles. The molecule has 1 rings (SSSR count). The number of nitrogens with zero attached hydrogens (tertiary/aromatic N) is 1. The molecule has 4 heteroatoms. The van der Waals surface area contributed by atoms with E-state index in [4.69, 9.17) is 4.74 Å². The van der Waals surface area contributed by atoms with Gasteiger partial charge in [0.2, 0.25) is 6.41 Å². The van der Waals surface area contributed by atoms with Gasteiger partial charge in [0.05, 0.1) is 0 Å². The Kier molecular flexibility index (Phi) is 5.41. The van der Waals surface area contributed by atoms with Gasteiger partial charge in [-0.3, -0.25) is 9.79 Å². The molecule has 0 aliphatic carbocycles. The zero-order chi connectivity index (χ0) is 11.6. The fraction of sp³-hybridized carbons (Fsp3) is 0.167. The molecule has 16 heavy (non-hydrogen) atoms. The highest BCUT2D eigenvalue weighted by molar-refractivity contribution is 5.98. The van der Waals surface area contributed by atoms with Gasteiger partial charge in [0.15, 0.2) is 0 Å². The van der Waals surface area contributed by atoms with Crippen molar-refractivity contribution < 1.29 is 9.53 Å². The average Bonchev–Trinajstić information content (AvgIpc) is 2.34. The van der Waals surface area contributed by atoms with Crippen LogP contribution in [0.3, 0.4) is 0 Å². The largest absolute Gasteiger partial charge is 0.490 e. The second-order valence-corrected chi connectivity index (χ2v) is 2.90. The van der Waals surface area contributed by atoms with Gasteiger partial charge < -0.3 is 10.1 Å². The van der Waals surface area contributed by atoms with E-state index >= 15 is 0 Å². The molecule has 0 bridgehead atoms. The molecule has 4 nitrogen and oxygen atoms in total. The molecule has 0 aliphatic heterocycles. The molecule has 1 aromatic carbocycles. The maximum Gasteiger partial charge on any atom is 0.212 e. The van der Waals surface area contributed by atoms with Gasteiger partial charge in [-0.15, -0.1) is 0 Å². The number of aliphatic imine (C=N–C) groups is 1. The van der Waals surface area contributed by atoms with Crippen molar-refractivity contribution in [2.75, 3.05) is 13.7 Å². The molecule has 1 amide bonds. The summed E-state index contributed by atoms with van der Waals surface area (Å²) in [7, 11) is 1.61. The fourth-order valence-corrected chi connectivity index (χ4v) is 1.07. The number of hydrogen-bond acceptors (Lipinski definition) is 3. The summed E-state index contributed by atoms with van der Waals surface area (Å²) in [5, 5.41) is 2.46. The minimum atomic E-state index is 0.434. The van der Waals surface area contributed by atoms with Crippen LogP contribution in [0.4, 0.5) is 0 Å². The first-order chi connectivity index (χ1) is 7.86. The van der Waals surface area contributed by atoms with Crippen molar-refractivity contribution in [3.63, 3.8) is 0 Å². The Balaban J connectivity index is 2.35. The molecule has 0 saturated carbocycles. The summed E-state index contributed by atoms with van der Waals surface area (Å²) < 4.78 is 5.42. The lowest BCUT2D eigenvalue weighted by atomic mass is 10.3. The number of amidine groups is 1. The highest BCUT2D eigenvalue weighted by Gasteiger charge is 1.89. The normalized spacial score (nSPS) is 11.4. The van der Waals surface area contributed by atoms with E-state index in [0.717, 1.165) is 5.75 Å². The predicted molar refractivity (Wildman–Crippen MR) is 63.6 cm³/mol. The van der Waals surface area contributed by atoms with Gasteiger partial charge in [-0.2, -0.15) is 0 Å². The third-order valence-electron chi connectivity index (χ3n) is 1.81. The van der Waals surface area contributed by atoms with Crippen LogP contribution >= 0.6 is 0 Å². The summed E-state index contributed by atoms with van der Waals surface area (Å²) in [6.45, 7) is 0.434. The van der Waals surface area contributed by atoms with Crippen LogP contribution in [0.1, 0.15) is 0 Å². The molecule has 1 N–H and O–H groups in total. The van der Waals surface area contributed by atoms with Crippen molar-refractivity contribution in [2.24, 2.45) is 4.99 Å². The number of benzene rings is 1. The van der Waals surface area contributed by atoms with E-state index in [1.807, 2.05) is 30.3 Å². The summed E-state index contributed by atoms with van der Waals surface area (Å²) in [6, 6.07) is 9.51. The minimum Gasteiger partial charge on any atom is -0.490 e. The monoisotopic (exact) mass is 218 g/mol. The second-order valence-electron chi connectivity index (χ2n) is 2.90. The van der Waals surface area contributed by atoms with E-state index in [0.29, 0.717) is 18.9 Å². The third kappa shape index (κ3) is 4.41. The molecule has 0 spiro atoms. The molecule has 0 aromatic heterocycles. The number of hydrogen-bond donors (Lipinski definition) is 1. The smallest absolute Gasteiger partial charge is 0.212 e. The zero-order valence-electron chi connectivity index (χ0n) is 9.09. The molecule has 84 valence electrons. The van der Waals surface area contributed by atoms with Crippen LogP contribution in [0.25, 0.3) is 0 Å². The van der Waals surface area contributed by atoms with Gasteiger partial charge in [-0.1, -0.05) is 18.2 Å². The average molecular weight is 218 g/mol. The number of nitrogens with one attached hydrogen (secondary N) is 1. The molecule has 0 atom stereocenters. The van der Waals surface area contributed by atoms with E-state index in [9.17, 15) is 4.79 Å². The van der Waals surface area contributed by atoms with Gasteiger partial charge in [0.1, 0.15) is 18.2 Å². The first-order valence-electron chi connectivity index (χ1n) is 4.88. The van der Waals surface area contributed by atoms with Gasteiger partial charge in [-0.25, -0.2) is 0 Å². The number of para-hydroxylation sites is 1. The Morgan fingerprint density at radius 3 is 2.81 bits per heavy atom. The maximum atomic E-state index is 10.2. The molecular formula is C12H14N2O2. The van der Waals surface area contributed by atoms with Gasteiger partial charge in [0, 0.05) is 7.05 Å². The number of ether oxygens (including phenoxy) is 1. The van der Waals surface area contributed by atoms with E-state index in [-0.39, 0.29) is 0 Å². The molecule has 0 unspecified atom stereocenters. The van der Waals surface area contributed by atoms with Crippen LogP contribution in [0, 0.1) is 0 Å². The highest BCUT2D eigenvalue weighted by Crippen LogP contribution is 2.07. The quantitative estimate of drug-likeness (QED) is 0.461. The van der Waals surface area contributed by atoms with Crippen LogP contribution in [0.15, 0.2) is 47.5 Å². The number of carbonyl (C=O) groups excluding carboxylic acids is 1. The lowest BCUT2D eigenvalue weighted by Gasteiger charge is -2.01. The number of rotatable bonds is 5. The molecule has 0 fully saturated rings. The minimum absolute atomic E-state index is 0.434. The highest BCUT2D eigenvalue weighted by atomic mass is 16.5. The lowest BCUT2D eigenvalue weighted by molar-refractivity contribution is -0.108. The third-order valence-corrected chi connectivity index (χ3v) is 1.81. The van der Waals surface area contributed by atoms with Crippen molar-refractivity contribution in [1.82, 2.24) is 5.32 Å². The molecule has 0 heterocycles. The lowest BCUT2D eigenvalue weighted by Crippen LogP contribution is -2.19. The van der Waals surface area contributed by atoms with Crippen molar-refractivity contribution in [1.29, 1.82) is 0 Å². The first-order valence-corrected chi connectivity index (χ1v) is 4.88. The van der Waals surface area contributed by atoms with Crippen LogP contribution < -0.4 is 10.1 Å². The van der Waals surface area contributed by atoms with Crippen molar-refractivity contribution in [3.05, 3.63) is 42.5 Å². The van der Waals surface area contributed by atoms with E-state index in [1.165, 1.54) is 0 Å². The van der Waals surface area contributed by atoms with Gasteiger partial charge in [-0.05, 0) is 24.3 Å². The fourth-order valence-electron chi connectivity index (χ4n) is 1.07. The summed E-state index contributed by atoms with van der Waals surface area (Å²) in [6.07, 6.45) is 4.06. The molecule has 0 aliphatic rings. The Hall–Kier alpha value is -2.10. The van der Waals surface area contributed by atoms with E-state index < -0.39 is 0 Å². The standard InChI is InChI=1S/C12H14N2O2/c1-13-12(14-10-15)8-5-9-16-11-6-3-2-4-7-11/h2-8,10H,9H2,1H3,(H,13,14,15)/b8-5-. The van der Waals surface area contributed by atoms with Crippen LogP contribution in [-0.4, -0.2) is 25.9 Å². The zero-order valence-corrected chi connectivity index (χ0v) is 9.09. The SMILES string of the molecule is CN=C(/C=C\COc1ccccc1)NC=O. The molecular weight excluding hydrogens is 204 g/mol. The van der Waals surface area contributed by atoms with Crippen LogP contribution in [0.2, 0.25) is 0 Å². The maximum absolute atomic E-state index is 10.2. The Morgan fingerprint density at radius 2 is 2.19 bits per heavy atom. The number of amides is 1. The Morgan fingerprint density at radius 1 is 1.44 bits per heavy atom. The van der Waals surface area contributed by atoms with Crippen LogP contribution in [-0.2, 0) is 4.79 Å². The second kappa shape index (κ2) is 7.23.